The van der Waals surface area contributed by atoms with Crippen LogP contribution in [0.15, 0.2) is 35.2 Å². The lowest BCUT2D eigenvalue weighted by Gasteiger charge is -2.41. The van der Waals surface area contributed by atoms with Crippen LogP contribution in [0.25, 0.3) is 11.4 Å². The highest BCUT2D eigenvalue weighted by atomic mass is 32.3. The Labute approximate surface area is 243 Å². The minimum absolute atomic E-state index is 0.00244. The van der Waals surface area contributed by atoms with E-state index >= 15 is 0 Å². The van der Waals surface area contributed by atoms with Crippen LogP contribution in [0.1, 0.15) is 43.4 Å². The van der Waals surface area contributed by atoms with E-state index in [4.69, 9.17) is 19.8 Å². The molecule has 3 heterocycles. The Morgan fingerprint density at radius 1 is 1.21 bits per heavy atom. The van der Waals surface area contributed by atoms with Gasteiger partial charge in [-0.2, -0.15) is 24.5 Å². The number of carbonyl (C=O) groups excluding carboxylic acids is 1. The fourth-order valence-corrected chi connectivity index (χ4v) is 7.72. The minimum Gasteiger partial charge on any atom is -0.395 e. The van der Waals surface area contributed by atoms with Gasteiger partial charge in [-0.3, -0.25) is 9.11 Å². The maximum Gasteiger partial charge on any atom is 0.333 e. The lowest BCUT2D eigenvalue weighted by molar-refractivity contribution is 0.0538. The first kappa shape index (κ1) is 30.1. The van der Waals surface area contributed by atoms with Crippen molar-refractivity contribution < 1.29 is 32.5 Å². The molecule has 1 aliphatic heterocycles. The summed E-state index contributed by atoms with van der Waals surface area (Å²) in [6, 6.07) is 8.16. The number of anilines is 2. The molecule has 0 bridgehead atoms. The van der Waals surface area contributed by atoms with Crippen molar-refractivity contribution in [2.45, 2.75) is 55.8 Å². The number of benzene rings is 1. The van der Waals surface area contributed by atoms with E-state index in [1.165, 1.54) is 13.8 Å². The number of aliphatic hydroxyl groups is 1. The van der Waals surface area contributed by atoms with Gasteiger partial charge in [0, 0.05) is 30.4 Å². The molecule has 5 rings (SSSR count). The van der Waals surface area contributed by atoms with Gasteiger partial charge < -0.3 is 25.4 Å². The lowest BCUT2D eigenvalue weighted by atomic mass is 10.1. The van der Waals surface area contributed by atoms with Crippen LogP contribution >= 0.6 is 10.6 Å². The van der Waals surface area contributed by atoms with Crippen LogP contribution in [0.3, 0.4) is 0 Å². The molecule has 0 spiro atoms. The van der Waals surface area contributed by atoms with Gasteiger partial charge in [0.2, 0.25) is 0 Å². The SMILES string of the molecule is Cc1nn(C(F)F)c(C)c1S(O)(O)C1(c2cc(N3CCOC[C@@H]3C)nc(-c3ccc(NC(=O)NCCO)cc3)n2)CC1. The van der Waals surface area contributed by atoms with Gasteiger partial charge >= 0.3 is 12.6 Å². The number of aryl methyl sites for hydroxylation is 1. The molecule has 3 aromatic rings. The average molecular weight is 608 g/mol. The van der Waals surface area contributed by atoms with Gasteiger partial charge in [0.15, 0.2) is 5.82 Å². The maximum atomic E-state index is 13.6. The van der Waals surface area contributed by atoms with Crippen LogP contribution < -0.4 is 15.5 Å². The maximum absolute atomic E-state index is 13.6. The Balaban J connectivity index is 1.56. The molecule has 228 valence electrons. The number of aromatic nitrogens is 4. The summed E-state index contributed by atoms with van der Waals surface area (Å²) in [4.78, 5) is 23.7. The summed E-state index contributed by atoms with van der Waals surface area (Å²) in [6.45, 7) is 3.53. The summed E-state index contributed by atoms with van der Waals surface area (Å²) in [6.07, 6.45) is 0.795. The molecular formula is C27H35F2N7O5S. The van der Waals surface area contributed by atoms with Crippen molar-refractivity contribution in [1.82, 2.24) is 25.1 Å². The van der Waals surface area contributed by atoms with Crippen molar-refractivity contribution in [2.75, 3.05) is 43.1 Å². The van der Waals surface area contributed by atoms with Crippen LogP contribution in [0, 0.1) is 13.8 Å². The second-order valence-electron chi connectivity index (χ2n) is 10.5. The molecule has 1 saturated heterocycles. The van der Waals surface area contributed by atoms with Gasteiger partial charge in [0.25, 0.3) is 0 Å². The summed E-state index contributed by atoms with van der Waals surface area (Å²) >= 11 is 0. The Bertz CT molecular complexity index is 1450. The highest BCUT2D eigenvalue weighted by Gasteiger charge is 2.59. The molecule has 1 aliphatic carbocycles. The summed E-state index contributed by atoms with van der Waals surface area (Å²) in [5.74, 6) is 0.935. The molecule has 1 saturated carbocycles. The van der Waals surface area contributed by atoms with Crippen LogP contribution in [0.2, 0.25) is 0 Å². The second-order valence-corrected chi connectivity index (χ2v) is 12.8. The number of carbonyl (C=O) groups is 1. The number of nitrogens with one attached hydrogen (secondary N) is 2. The summed E-state index contributed by atoms with van der Waals surface area (Å²) < 4.78 is 55.7. The van der Waals surface area contributed by atoms with E-state index in [2.05, 4.69) is 20.6 Å². The fourth-order valence-electron chi connectivity index (χ4n) is 5.30. The molecule has 42 heavy (non-hydrogen) atoms. The third-order valence-electron chi connectivity index (χ3n) is 7.62. The zero-order chi connectivity index (χ0) is 30.2. The van der Waals surface area contributed by atoms with Crippen LogP contribution in [-0.2, 0) is 9.48 Å². The molecule has 5 N–H and O–H groups in total. The van der Waals surface area contributed by atoms with Crippen molar-refractivity contribution in [1.29, 1.82) is 0 Å². The lowest BCUT2D eigenvalue weighted by Crippen LogP contribution is -2.44. The number of aliphatic hydroxyl groups excluding tert-OH is 1. The smallest absolute Gasteiger partial charge is 0.333 e. The Kier molecular flexibility index (Phi) is 8.40. The first-order valence-corrected chi connectivity index (χ1v) is 15.1. The predicted octanol–water partition coefficient (Wildman–Crippen LogP) is 4.49. The van der Waals surface area contributed by atoms with Gasteiger partial charge in [0.05, 0.1) is 42.9 Å². The summed E-state index contributed by atoms with van der Waals surface area (Å²) in [5, 5.41) is 18.0. The van der Waals surface area contributed by atoms with E-state index in [-0.39, 0.29) is 35.5 Å². The van der Waals surface area contributed by atoms with Gasteiger partial charge in [-0.25, -0.2) is 19.4 Å². The van der Waals surface area contributed by atoms with Crippen LogP contribution in [0.4, 0.5) is 25.1 Å². The molecule has 1 atom stereocenters. The monoisotopic (exact) mass is 607 g/mol. The van der Waals surface area contributed by atoms with Crippen molar-refractivity contribution in [3.63, 3.8) is 0 Å². The first-order valence-electron chi connectivity index (χ1n) is 13.6. The van der Waals surface area contributed by atoms with Crippen LogP contribution in [0.5, 0.6) is 0 Å². The Morgan fingerprint density at radius 2 is 1.93 bits per heavy atom. The van der Waals surface area contributed by atoms with Gasteiger partial charge in [-0.1, -0.05) is 0 Å². The van der Waals surface area contributed by atoms with E-state index < -0.39 is 27.9 Å². The number of halogens is 2. The molecular weight excluding hydrogens is 572 g/mol. The summed E-state index contributed by atoms with van der Waals surface area (Å²) in [5.41, 5.74) is 1.71. The zero-order valence-electron chi connectivity index (χ0n) is 23.5. The number of alkyl halides is 2. The van der Waals surface area contributed by atoms with Gasteiger partial charge in [-0.15, -0.1) is 0 Å². The van der Waals surface area contributed by atoms with E-state index in [1.807, 2.05) is 6.92 Å². The van der Waals surface area contributed by atoms with E-state index in [1.54, 1.807) is 30.3 Å². The number of ether oxygens (including phenoxy) is 1. The molecule has 2 aromatic heterocycles. The second kappa shape index (κ2) is 11.7. The van der Waals surface area contributed by atoms with Crippen LogP contribution in [-0.4, -0.2) is 78.9 Å². The van der Waals surface area contributed by atoms with Gasteiger partial charge in [0.1, 0.15) is 15.5 Å². The largest absolute Gasteiger partial charge is 0.395 e. The highest BCUT2D eigenvalue weighted by molar-refractivity contribution is 8.25. The third-order valence-corrected chi connectivity index (χ3v) is 10.5. The van der Waals surface area contributed by atoms with Crippen molar-refractivity contribution in [3.05, 3.63) is 47.4 Å². The molecule has 2 fully saturated rings. The number of urea groups is 1. The van der Waals surface area contributed by atoms with Crippen molar-refractivity contribution >= 4 is 28.1 Å². The first-order chi connectivity index (χ1) is 20.0. The van der Waals surface area contributed by atoms with E-state index in [0.29, 0.717) is 65.9 Å². The quantitative estimate of drug-likeness (QED) is 0.236. The molecule has 0 unspecified atom stereocenters. The third kappa shape index (κ3) is 5.54. The number of amides is 2. The van der Waals surface area contributed by atoms with Crippen molar-refractivity contribution in [2.24, 2.45) is 0 Å². The number of hydrogen-bond acceptors (Lipinski definition) is 9. The van der Waals surface area contributed by atoms with Crippen molar-refractivity contribution in [3.8, 4) is 11.4 Å². The molecule has 12 nitrogen and oxygen atoms in total. The molecule has 1 aromatic carbocycles. The number of morpholine rings is 1. The molecule has 15 heteroatoms. The average Bonchev–Trinajstić information content (AvgIpc) is 3.72. The number of nitrogens with zero attached hydrogens (tertiary/aromatic N) is 5. The predicted molar refractivity (Wildman–Crippen MR) is 154 cm³/mol. The standard InChI is InChI=1S/C27H35F2N7O5S/c1-16-15-41-13-11-35(16)22-14-21(27(8-9-27)42(39,40)23-17(2)34-36(18(23)3)25(28)29)32-24(33-22)19-4-6-20(7-5-19)31-26(38)30-10-12-37/h4-7,14,16,25,37,39-40H,8-13,15H2,1-3H3,(H2,30,31,38)/t16-/m0/s1. The van der Waals surface area contributed by atoms with E-state index in [0.717, 1.165) is 0 Å². The van der Waals surface area contributed by atoms with E-state index in [9.17, 15) is 22.7 Å². The summed E-state index contributed by atoms with van der Waals surface area (Å²) in [7, 11) is -3.66. The Morgan fingerprint density at radius 3 is 2.52 bits per heavy atom. The van der Waals surface area contributed by atoms with Gasteiger partial charge in [-0.05, 0) is 57.9 Å². The molecule has 2 aliphatic rings. The normalized spacial score (nSPS) is 18.7. The molecule has 2 amide bonds. The number of hydrogen-bond donors (Lipinski definition) is 5. The highest BCUT2D eigenvalue weighted by Crippen LogP contribution is 2.76. The fraction of sp³-hybridized carbons (Fsp3) is 0.481. The topological polar surface area (TPSA) is 158 Å². The zero-order valence-corrected chi connectivity index (χ0v) is 24.4. The Hall–Kier alpha value is -3.37. The number of rotatable bonds is 9. The minimum atomic E-state index is -3.66. The molecule has 0 radical (unpaired) electrons.